The molecule has 0 atom stereocenters. The molecule has 0 radical (unpaired) electrons. The number of benzene rings is 1. The van der Waals surface area contributed by atoms with E-state index in [4.69, 9.17) is 11.6 Å². The lowest BCUT2D eigenvalue weighted by molar-refractivity contribution is 0.567. The molecule has 0 nitrogen and oxygen atoms in total. The van der Waals surface area contributed by atoms with Crippen LogP contribution < -0.4 is 0 Å². The van der Waals surface area contributed by atoms with Crippen LogP contribution in [0.3, 0.4) is 0 Å². The van der Waals surface area contributed by atoms with Crippen molar-refractivity contribution < 1.29 is 0 Å². The highest BCUT2D eigenvalue weighted by atomic mass is 35.5. The predicted molar refractivity (Wildman–Crippen MR) is 64.7 cm³/mol. The quantitative estimate of drug-likeness (QED) is 0.627. The van der Waals surface area contributed by atoms with Crippen LogP contribution in [0, 0.1) is 12.3 Å². The SMILES string of the molecule is C=C(c1ccc(Cl)cc1C)C(C)(C)C. The molecule has 76 valence electrons. The van der Waals surface area contributed by atoms with Crippen molar-refractivity contribution >= 4 is 17.2 Å². The minimum atomic E-state index is 0.110. The minimum Gasteiger partial charge on any atom is -0.0947 e. The molecule has 14 heavy (non-hydrogen) atoms. The van der Waals surface area contributed by atoms with Crippen LogP contribution in [0.4, 0.5) is 0 Å². The molecular weight excluding hydrogens is 192 g/mol. The second kappa shape index (κ2) is 3.78. The van der Waals surface area contributed by atoms with Gasteiger partial charge in [-0.1, -0.05) is 45.0 Å². The average Bonchev–Trinajstić information content (AvgIpc) is 2.01. The maximum Gasteiger partial charge on any atom is 0.0409 e. The summed E-state index contributed by atoms with van der Waals surface area (Å²) in [4.78, 5) is 0. The van der Waals surface area contributed by atoms with Crippen molar-refractivity contribution in [3.05, 3.63) is 40.9 Å². The third kappa shape index (κ3) is 2.39. The lowest BCUT2D eigenvalue weighted by Crippen LogP contribution is -2.08. The van der Waals surface area contributed by atoms with E-state index in [0.29, 0.717) is 0 Å². The first kappa shape index (κ1) is 11.3. The maximum absolute atomic E-state index is 5.91. The highest BCUT2D eigenvalue weighted by molar-refractivity contribution is 6.30. The molecular formula is C13H17Cl. The van der Waals surface area contributed by atoms with Gasteiger partial charge in [-0.2, -0.15) is 0 Å². The number of allylic oxidation sites excluding steroid dienone is 1. The van der Waals surface area contributed by atoms with Crippen LogP contribution in [-0.4, -0.2) is 0 Å². The van der Waals surface area contributed by atoms with Gasteiger partial charge in [0.1, 0.15) is 0 Å². The molecule has 1 aromatic rings. The molecule has 0 unspecified atom stereocenters. The van der Waals surface area contributed by atoms with Gasteiger partial charge in [-0.3, -0.25) is 0 Å². The first-order valence-electron chi connectivity index (χ1n) is 4.78. The van der Waals surface area contributed by atoms with E-state index >= 15 is 0 Å². The Morgan fingerprint density at radius 2 is 1.86 bits per heavy atom. The van der Waals surface area contributed by atoms with Gasteiger partial charge in [0.25, 0.3) is 0 Å². The molecule has 0 saturated carbocycles. The zero-order chi connectivity index (χ0) is 10.9. The van der Waals surface area contributed by atoms with Gasteiger partial charge >= 0.3 is 0 Å². The van der Waals surface area contributed by atoms with E-state index < -0.39 is 0 Å². The Hall–Kier alpha value is -0.750. The van der Waals surface area contributed by atoms with Crippen LogP contribution in [0.5, 0.6) is 0 Å². The van der Waals surface area contributed by atoms with Crippen LogP contribution in [0.2, 0.25) is 5.02 Å². The van der Waals surface area contributed by atoms with Gasteiger partial charge in [-0.05, 0) is 41.2 Å². The molecule has 0 fully saturated rings. The molecule has 0 spiro atoms. The summed E-state index contributed by atoms with van der Waals surface area (Å²) in [6, 6.07) is 5.94. The summed E-state index contributed by atoms with van der Waals surface area (Å²) >= 11 is 5.91. The fraction of sp³-hybridized carbons (Fsp3) is 0.385. The average molecular weight is 209 g/mol. The molecule has 0 amide bonds. The molecule has 0 aromatic heterocycles. The van der Waals surface area contributed by atoms with Gasteiger partial charge < -0.3 is 0 Å². The first-order valence-corrected chi connectivity index (χ1v) is 5.16. The summed E-state index contributed by atoms with van der Waals surface area (Å²) in [5.41, 5.74) is 3.67. The Balaban J connectivity index is 3.15. The Kier molecular flexibility index (Phi) is 3.06. The third-order valence-corrected chi connectivity index (χ3v) is 2.65. The van der Waals surface area contributed by atoms with Crippen LogP contribution >= 0.6 is 11.6 Å². The van der Waals surface area contributed by atoms with Gasteiger partial charge in [0.15, 0.2) is 0 Å². The number of halogens is 1. The van der Waals surface area contributed by atoms with Crippen molar-refractivity contribution in [3.8, 4) is 0 Å². The van der Waals surface area contributed by atoms with Crippen molar-refractivity contribution in [2.75, 3.05) is 0 Å². The number of rotatable bonds is 1. The molecule has 0 aliphatic rings. The highest BCUT2D eigenvalue weighted by Gasteiger charge is 2.17. The standard InChI is InChI=1S/C13H17Cl/c1-9-8-11(14)6-7-12(9)10(2)13(3,4)5/h6-8H,2H2,1,3-5H3. The number of hydrogen-bond acceptors (Lipinski definition) is 0. The molecule has 1 aromatic carbocycles. The second-order valence-electron chi connectivity index (χ2n) is 4.69. The zero-order valence-corrected chi connectivity index (χ0v) is 10.1. The molecule has 0 bridgehead atoms. The second-order valence-corrected chi connectivity index (χ2v) is 5.12. The smallest absolute Gasteiger partial charge is 0.0409 e. The molecule has 0 saturated heterocycles. The van der Waals surface area contributed by atoms with E-state index in [1.807, 2.05) is 18.2 Å². The van der Waals surface area contributed by atoms with Gasteiger partial charge in [0.05, 0.1) is 0 Å². The van der Waals surface area contributed by atoms with E-state index in [9.17, 15) is 0 Å². The molecule has 1 heteroatoms. The van der Waals surface area contributed by atoms with Gasteiger partial charge in [-0.15, -0.1) is 0 Å². The monoisotopic (exact) mass is 208 g/mol. The van der Waals surface area contributed by atoms with Crippen LogP contribution in [-0.2, 0) is 0 Å². The third-order valence-electron chi connectivity index (χ3n) is 2.42. The fourth-order valence-electron chi connectivity index (χ4n) is 1.37. The van der Waals surface area contributed by atoms with Crippen molar-refractivity contribution in [3.63, 3.8) is 0 Å². The van der Waals surface area contributed by atoms with Crippen molar-refractivity contribution in [1.82, 2.24) is 0 Å². The van der Waals surface area contributed by atoms with E-state index in [0.717, 1.165) is 10.6 Å². The summed E-state index contributed by atoms with van der Waals surface area (Å²) in [6.07, 6.45) is 0. The largest absolute Gasteiger partial charge is 0.0947 e. The Labute approximate surface area is 91.6 Å². The molecule has 1 rings (SSSR count). The predicted octanol–water partition coefficient (Wildman–Crippen LogP) is 4.71. The van der Waals surface area contributed by atoms with E-state index in [1.165, 1.54) is 11.1 Å². The van der Waals surface area contributed by atoms with Crippen molar-refractivity contribution in [2.45, 2.75) is 27.7 Å². The summed E-state index contributed by atoms with van der Waals surface area (Å²) in [6.45, 7) is 12.7. The van der Waals surface area contributed by atoms with E-state index in [1.54, 1.807) is 0 Å². The van der Waals surface area contributed by atoms with Crippen LogP contribution in [0.15, 0.2) is 24.8 Å². The molecule has 0 aliphatic carbocycles. The van der Waals surface area contributed by atoms with Crippen molar-refractivity contribution in [2.24, 2.45) is 5.41 Å². The van der Waals surface area contributed by atoms with E-state index in [2.05, 4.69) is 34.3 Å². The Bertz CT molecular complexity index is 356. The lowest BCUT2D eigenvalue weighted by atomic mass is 9.82. The topological polar surface area (TPSA) is 0 Å². The minimum absolute atomic E-state index is 0.110. The summed E-state index contributed by atoms with van der Waals surface area (Å²) in [7, 11) is 0. The van der Waals surface area contributed by atoms with Gasteiger partial charge in [0, 0.05) is 5.02 Å². The molecule has 0 N–H and O–H groups in total. The van der Waals surface area contributed by atoms with Crippen LogP contribution in [0.1, 0.15) is 31.9 Å². The number of hydrogen-bond donors (Lipinski definition) is 0. The van der Waals surface area contributed by atoms with Gasteiger partial charge in [0.2, 0.25) is 0 Å². The zero-order valence-electron chi connectivity index (χ0n) is 9.32. The van der Waals surface area contributed by atoms with Crippen LogP contribution in [0.25, 0.3) is 5.57 Å². The Morgan fingerprint density at radius 3 is 2.29 bits per heavy atom. The van der Waals surface area contributed by atoms with Crippen molar-refractivity contribution in [1.29, 1.82) is 0 Å². The summed E-state index contributed by atoms with van der Waals surface area (Å²) < 4.78 is 0. The maximum atomic E-state index is 5.91. The lowest BCUT2D eigenvalue weighted by Gasteiger charge is -2.23. The normalized spacial score (nSPS) is 11.5. The number of aryl methyl sites for hydroxylation is 1. The molecule has 0 heterocycles. The summed E-state index contributed by atoms with van der Waals surface area (Å²) in [5.74, 6) is 0. The Morgan fingerprint density at radius 1 is 1.29 bits per heavy atom. The van der Waals surface area contributed by atoms with Gasteiger partial charge in [-0.25, -0.2) is 0 Å². The summed E-state index contributed by atoms with van der Waals surface area (Å²) in [5, 5.41) is 0.785. The molecule has 0 aliphatic heterocycles. The highest BCUT2D eigenvalue weighted by Crippen LogP contribution is 2.34. The van der Waals surface area contributed by atoms with E-state index in [-0.39, 0.29) is 5.41 Å². The first-order chi connectivity index (χ1) is 6.32. The fourth-order valence-corrected chi connectivity index (χ4v) is 1.60.